The van der Waals surface area contributed by atoms with E-state index < -0.39 is 78.4 Å². The Morgan fingerprint density at radius 1 is 1.06 bits per heavy atom. The van der Waals surface area contributed by atoms with E-state index in [1.807, 2.05) is 44.2 Å². The Hall–Kier alpha value is -6.10. The second kappa shape index (κ2) is 20.8. The number of aliphatic hydroxyl groups is 1. The lowest BCUT2D eigenvalue weighted by Crippen LogP contribution is -2.60. The number of hydrogen-bond donors (Lipinski definition) is 7. The van der Waals surface area contributed by atoms with Crippen molar-refractivity contribution < 1.29 is 38.7 Å². The number of primary amides is 1. The number of aryl methyl sites for hydroxylation is 1. The van der Waals surface area contributed by atoms with Gasteiger partial charge in [-0.2, -0.15) is 0 Å². The molecule has 8 N–H and O–H groups in total. The molecular weight excluding hydrogens is 698 g/mol. The average molecular weight is 748 g/mol. The van der Waals surface area contributed by atoms with Crippen LogP contribution < -0.4 is 27.0 Å². The maximum atomic E-state index is 13.9. The van der Waals surface area contributed by atoms with Crippen LogP contribution in [0.15, 0.2) is 79.4 Å². The molecule has 17 nitrogen and oxygen atoms in total. The van der Waals surface area contributed by atoms with Gasteiger partial charge in [0.2, 0.25) is 35.4 Å². The maximum Gasteiger partial charge on any atom is 0.248 e. The Labute approximate surface area is 313 Å². The summed E-state index contributed by atoms with van der Waals surface area (Å²) in [5, 5.41) is 23.9. The Morgan fingerprint density at radius 2 is 1.76 bits per heavy atom. The number of nitrogens with one attached hydrogen (secondary N) is 5. The minimum atomic E-state index is -1.57. The van der Waals surface area contributed by atoms with Crippen molar-refractivity contribution >= 4 is 47.2 Å². The number of aromatic nitrogens is 2. The van der Waals surface area contributed by atoms with Gasteiger partial charge in [0.25, 0.3) is 0 Å². The van der Waals surface area contributed by atoms with E-state index in [0.29, 0.717) is 6.42 Å². The Balaban J connectivity index is 1.75. The third kappa shape index (κ3) is 12.5. The monoisotopic (exact) mass is 747 g/mol. The smallest absolute Gasteiger partial charge is 0.248 e. The van der Waals surface area contributed by atoms with Crippen LogP contribution in [-0.2, 0) is 40.0 Å². The fourth-order valence-corrected chi connectivity index (χ4v) is 5.42. The molecule has 0 saturated heterocycles. The molecule has 0 spiro atoms. The normalized spacial score (nSPS) is 17.5. The summed E-state index contributed by atoms with van der Waals surface area (Å²) in [6, 6.07) is 3.25. The highest BCUT2D eigenvalue weighted by atomic mass is 16.6. The van der Waals surface area contributed by atoms with Gasteiger partial charge in [-0.15, -0.1) is 6.58 Å². The fraction of sp³-hybridized carbons (Fsp3) is 0.405. The number of nitrogens with zero attached hydrogens (tertiary/aromatic N) is 3. The zero-order valence-electron chi connectivity index (χ0n) is 30.6. The van der Waals surface area contributed by atoms with Crippen molar-refractivity contribution in [3.8, 4) is 0 Å². The molecule has 0 unspecified atom stereocenters. The van der Waals surface area contributed by atoms with Gasteiger partial charge in [0.05, 0.1) is 31.4 Å². The van der Waals surface area contributed by atoms with Gasteiger partial charge in [-0.3, -0.25) is 28.8 Å². The highest BCUT2D eigenvalue weighted by molar-refractivity contribution is 6.02. The van der Waals surface area contributed by atoms with E-state index >= 15 is 0 Å². The van der Waals surface area contributed by atoms with Crippen molar-refractivity contribution in [2.45, 2.75) is 76.3 Å². The number of aliphatic hydroxyl groups excluding tert-OH is 1. The number of aromatic amines is 1. The average Bonchev–Trinajstić information content (AvgIpc) is 3.69. The molecule has 0 saturated carbocycles. The molecule has 0 fully saturated rings. The molecule has 0 aliphatic carbocycles. The molecule has 0 radical (unpaired) electrons. The summed E-state index contributed by atoms with van der Waals surface area (Å²) in [6.07, 6.45) is 9.48. The lowest BCUT2D eigenvalue weighted by molar-refractivity contribution is -0.140. The first-order valence-electron chi connectivity index (χ1n) is 17.3. The van der Waals surface area contributed by atoms with Gasteiger partial charge < -0.3 is 46.8 Å². The van der Waals surface area contributed by atoms with Gasteiger partial charge in [0, 0.05) is 18.7 Å². The summed E-state index contributed by atoms with van der Waals surface area (Å²) in [7, 11) is 0. The van der Waals surface area contributed by atoms with Crippen LogP contribution in [-0.4, -0.2) is 111 Å². The van der Waals surface area contributed by atoms with Crippen LogP contribution in [0.5, 0.6) is 0 Å². The molecule has 2 aromatic rings. The number of benzene rings is 1. The van der Waals surface area contributed by atoms with Crippen LogP contribution >= 0.6 is 0 Å². The van der Waals surface area contributed by atoms with Crippen molar-refractivity contribution in [3.63, 3.8) is 0 Å². The van der Waals surface area contributed by atoms with E-state index in [-0.39, 0.29) is 30.2 Å². The molecule has 6 atom stereocenters. The van der Waals surface area contributed by atoms with Crippen molar-refractivity contribution in [3.05, 3.63) is 85.5 Å². The number of hydrogen-bond acceptors (Lipinski definition) is 10. The molecule has 0 bridgehead atoms. The van der Waals surface area contributed by atoms with Crippen LogP contribution in [0.4, 0.5) is 0 Å². The molecule has 2 heterocycles. The molecule has 290 valence electrons. The van der Waals surface area contributed by atoms with Gasteiger partial charge in [-0.1, -0.05) is 68.1 Å². The summed E-state index contributed by atoms with van der Waals surface area (Å²) in [5.41, 5.74) is 6.71. The zero-order chi connectivity index (χ0) is 39.8. The molecule has 54 heavy (non-hydrogen) atoms. The molecule has 1 aromatic carbocycles. The molecule has 17 heteroatoms. The second-order valence-corrected chi connectivity index (χ2v) is 12.9. The number of H-pyrrole nitrogens is 1. The first kappa shape index (κ1) is 42.3. The number of nitrogens with two attached hydrogens (primary N) is 1. The molecule has 6 amide bonds. The van der Waals surface area contributed by atoms with Crippen molar-refractivity contribution in [1.82, 2.24) is 36.1 Å². The minimum absolute atomic E-state index is 0.0276. The number of imidazole rings is 1. The highest BCUT2D eigenvalue weighted by Gasteiger charge is 2.36. The topological polar surface area (TPSA) is 250 Å². The van der Waals surface area contributed by atoms with Gasteiger partial charge in [-0.05, 0) is 36.8 Å². The predicted octanol–water partition coefficient (Wildman–Crippen LogP) is -0.137. The maximum absolute atomic E-state index is 13.9. The third-order valence-corrected chi connectivity index (χ3v) is 8.31. The van der Waals surface area contributed by atoms with Gasteiger partial charge in [0.15, 0.2) is 6.10 Å². The van der Waals surface area contributed by atoms with Crippen LogP contribution in [0.3, 0.4) is 0 Å². The van der Waals surface area contributed by atoms with E-state index in [1.54, 1.807) is 12.3 Å². The number of oxime groups is 1. The van der Waals surface area contributed by atoms with E-state index in [2.05, 4.69) is 49.5 Å². The molecule has 1 aliphatic heterocycles. The number of carbonyl (C=O) groups excluding carboxylic acids is 6. The van der Waals surface area contributed by atoms with E-state index in [1.165, 1.54) is 30.4 Å². The SMILES string of the molecule is C=C[C@H](NC(=O)[C@H](CO)NC(=O)[C@@H](NC(=O)[C@H](CC(C)C)NC(=O)[C@@H]1C=C[C@@H](O/N=C/CCc2ccccc2)CN1C(C)=O)C(=C)c1cnc[nH]1)C(N)=O. The number of rotatable bonds is 20. The molecular formula is C37H49N9O8. The van der Waals surface area contributed by atoms with E-state index in [9.17, 15) is 33.9 Å². The number of carbonyl (C=O) groups is 6. The Kier molecular flexibility index (Phi) is 16.3. The first-order chi connectivity index (χ1) is 25.7. The van der Waals surface area contributed by atoms with Gasteiger partial charge >= 0.3 is 0 Å². The third-order valence-electron chi connectivity index (χ3n) is 8.31. The molecule has 3 rings (SSSR count). The van der Waals surface area contributed by atoms with Crippen LogP contribution in [0, 0.1) is 5.92 Å². The van der Waals surface area contributed by atoms with Gasteiger partial charge in [0.1, 0.15) is 30.2 Å². The molecule has 1 aliphatic rings. The fourth-order valence-electron chi connectivity index (χ4n) is 5.42. The zero-order valence-corrected chi connectivity index (χ0v) is 30.6. The Morgan fingerprint density at radius 3 is 2.35 bits per heavy atom. The summed E-state index contributed by atoms with van der Waals surface area (Å²) < 4.78 is 0. The Bertz CT molecular complexity index is 1690. The van der Waals surface area contributed by atoms with Crippen molar-refractivity contribution in [2.75, 3.05) is 13.2 Å². The first-order valence-corrected chi connectivity index (χ1v) is 17.3. The lowest BCUT2D eigenvalue weighted by atomic mass is 9.99. The van der Waals surface area contributed by atoms with E-state index in [4.69, 9.17) is 10.6 Å². The van der Waals surface area contributed by atoms with Crippen molar-refractivity contribution in [2.24, 2.45) is 16.8 Å². The summed E-state index contributed by atoms with van der Waals surface area (Å²) in [4.78, 5) is 91.8. The summed E-state index contributed by atoms with van der Waals surface area (Å²) in [6.45, 7) is 11.5. The lowest BCUT2D eigenvalue weighted by Gasteiger charge is -2.34. The van der Waals surface area contributed by atoms with Crippen LogP contribution in [0.25, 0.3) is 5.57 Å². The summed E-state index contributed by atoms with van der Waals surface area (Å²) >= 11 is 0. The van der Waals surface area contributed by atoms with Crippen molar-refractivity contribution in [1.29, 1.82) is 0 Å². The quantitative estimate of drug-likeness (QED) is 0.0540. The summed E-state index contributed by atoms with van der Waals surface area (Å²) in [5.74, 6) is -4.76. The minimum Gasteiger partial charge on any atom is -0.394 e. The van der Waals surface area contributed by atoms with Crippen LogP contribution in [0.2, 0.25) is 0 Å². The van der Waals surface area contributed by atoms with Gasteiger partial charge in [-0.25, -0.2) is 4.98 Å². The largest absolute Gasteiger partial charge is 0.394 e. The van der Waals surface area contributed by atoms with E-state index in [0.717, 1.165) is 18.1 Å². The standard InChI is InChI=1S/C37H49N9O8/c1-6-27(33(38)49)42-35(51)30(20-47)44-37(53)32(23(4)29-18-39-21-40-29)45-34(50)28(17-22(2)3)43-36(52)31-15-14-26(19-46(31)24(5)48)54-41-16-10-13-25-11-8-7-9-12-25/h6-9,11-12,14-16,18,21-22,26-28,30-32,47H,1,4,10,13,17,19-20H2,2-3,5H3,(H2,38,49)(H,39,40)(H,42,51)(H,43,52)(H,44,53)(H,45,50)/b41-16+/t26-,27+,28+,30+,31+,32+/m1/s1. The highest BCUT2D eigenvalue weighted by Crippen LogP contribution is 2.17. The molecule has 1 aromatic heterocycles. The number of amides is 6. The second-order valence-electron chi connectivity index (χ2n) is 12.9. The van der Waals surface area contributed by atoms with Crippen LogP contribution in [0.1, 0.15) is 44.9 Å². The predicted molar refractivity (Wildman–Crippen MR) is 200 cm³/mol.